The van der Waals surface area contributed by atoms with Gasteiger partial charge in [-0.2, -0.15) is 19.9 Å². The van der Waals surface area contributed by atoms with E-state index in [1.54, 1.807) is 6.92 Å². The number of allylic oxidation sites excluding steroid dienone is 4. The van der Waals surface area contributed by atoms with Gasteiger partial charge in [-0.15, -0.1) is 0 Å². The molecule has 2 N–H and O–H groups in total. The second-order valence-electron chi connectivity index (χ2n) is 9.08. The number of aromatic hydroxyl groups is 1. The van der Waals surface area contributed by atoms with Crippen molar-refractivity contribution in [2.24, 2.45) is 5.10 Å². The SMILES string of the molecule is CCOC(=O)C1=NN(c2c(Cl)cc(Cl)cc2Cl)C(=O)\C1=C/C=C/C=C/c1c(C(=O)C(C)O)nn(-c2c(Cl)cc(Cl)cc2Cl)c1O. The number of carbonyl (C=O) groups excluding carboxylic acids is 3. The Labute approximate surface area is 286 Å². The first-order valence-electron chi connectivity index (χ1n) is 12.8. The van der Waals surface area contributed by atoms with Crippen molar-refractivity contribution in [2.45, 2.75) is 20.0 Å². The number of esters is 1. The summed E-state index contributed by atoms with van der Waals surface area (Å²) in [6.45, 7) is 2.86. The number of aromatic nitrogens is 2. The van der Waals surface area contributed by atoms with Crippen LogP contribution in [0.15, 0.2) is 59.2 Å². The van der Waals surface area contributed by atoms with Gasteiger partial charge in [0.05, 0.1) is 37.8 Å². The zero-order valence-corrected chi connectivity index (χ0v) is 27.6. The van der Waals surface area contributed by atoms with Crippen LogP contribution in [0.5, 0.6) is 5.88 Å². The largest absolute Gasteiger partial charge is 0.493 e. The van der Waals surface area contributed by atoms with Gasteiger partial charge in [-0.3, -0.25) is 9.59 Å². The molecule has 45 heavy (non-hydrogen) atoms. The molecule has 234 valence electrons. The topological polar surface area (TPSA) is 134 Å². The third kappa shape index (κ3) is 7.23. The zero-order chi connectivity index (χ0) is 33.2. The molecule has 0 bridgehead atoms. The number of amides is 1. The van der Waals surface area contributed by atoms with E-state index < -0.39 is 29.6 Å². The maximum absolute atomic E-state index is 13.3. The number of aliphatic hydroxyl groups excluding tert-OH is 1. The van der Waals surface area contributed by atoms with Crippen LogP contribution in [0.1, 0.15) is 29.9 Å². The first kappa shape index (κ1) is 34.5. The molecule has 16 heteroatoms. The highest BCUT2D eigenvalue weighted by Gasteiger charge is 2.37. The van der Waals surface area contributed by atoms with Gasteiger partial charge in [0.2, 0.25) is 11.7 Å². The monoisotopic (exact) mass is 730 g/mol. The van der Waals surface area contributed by atoms with Gasteiger partial charge in [0, 0.05) is 10.0 Å². The summed E-state index contributed by atoms with van der Waals surface area (Å²) in [7, 11) is 0. The van der Waals surface area contributed by atoms with Crippen LogP contribution in [0.25, 0.3) is 11.8 Å². The second-order valence-corrected chi connectivity index (χ2v) is 11.6. The minimum Gasteiger partial charge on any atom is -0.493 e. The Bertz CT molecular complexity index is 1800. The van der Waals surface area contributed by atoms with E-state index in [2.05, 4.69) is 10.2 Å². The Kier molecular flexibility index (Phi) is 11.0. The number of ketones is 1. The van der Waals surface area contributed by atoms with E-state index >= 15 is 0 Å². The van der Waals surface area contributed by atoms with Crippen LogP contribution in [-0.2, 0) is 14.3 Å². The molecule has 0 aliphatic carbocycles. The van der Waals surface area contributed by atoms with Crippen molar-refractivity contribution in [3.8, 4) is 11.6 Å². The number of carbonyl (C=O) groups is 3. The summed E-state index contributed by atoms with van der Waals surface area (Å²) in [5.74, 6) is -2.88. The Morgan fingerprint density at radius 1 is 0.933 bits per heavy atom. The molecular formula is C29H20Cl6N4O6. The van der Waals surface area contributed by atoms with E-state index in [4.69, 9.17) is 74.3 Å². The number of Topliss-reactive ketones (excluding diaryl/α,β-unsaturated/α-hetero) is 1. The molecule has 10 nitrogen and oxygen atoms in total. The highest BCUT2D eigenvalue weighted by atomic mass is 35.5. The zero-order valence-electron chi connectivity index (χ0n) is 23.1. The number of benzene rings is 2. The summed E-state index contributed by atoms with van der Waals surface area (Å²) in [5, 5.41) is 30.6. The summed E-state index contributed by atoms with van der Waals surface area (Å²) in [6.07, 6.45) is 5.43. The first-order valence-corrected chi connectivity index (χ1v) is 15.0. The number of rotatable bonds is 9. The molecule has 0 saturated heterocycles. The number of hydrogen-bond donors (Lipinski definition) is 2. The van der Waals surface area contributed by atoms with E-state index in [0.29, 0.717) is 0 Å². The van der Waals surface area contributed by atoms with E-state index in [-0.39, 0.29) is 70.7 Å². The molecule has 1 unspecified atom stereocenters. The number of halogens is 6. The Morgan fingerprint density at radius 2 is 1.49 bits per heavy atom. The maximum Gasteiger partial charge on any atom is 0.359 e. The van der Waals surface area contributed by atoms with Crippen molar-refractivity contribution in [2.75, 3.05) is 11.6 Å². The van der Waals surface area contributed by atoms with Crippen molar-refractivity contribution >= 4 is 105 Å². The Morgan fingerprint density at radius 3 is 2.02 bits per heavy atom. The molecule has 3 aromatic rings. The second kappa shape index (κ2) is 14.4. The van der Waals surface area contributed by atoms with Crippen molar-refractivity contribution < 1.29 is 29.3 Å². The summed E-state index contributed by atoms with van der Waals surface area (Å²) in [5.41, 5.74) is -0.695. The summed E-state index contributed by atoms with van der Waals surface area (Å²) < 4.78 is 6.00. The lowest BCUT2D eigenvalue weighted by Crippen LogP contribution is -2.23. The number of aliphatic hydroxyl groups is 1. The van der Waals surface area contributed by atoms with Crippen LogP contribution in [0.2, 0.25) is 30.1 Å². The molecule has 0 fully saturated rings. The number of nitrogens with zero attached hydrogens (tertiary/aromatic N) is 4. The van der Waals surface area contributed by atoms with Crippen LogP contribution in [-0.4, -0.2) is 56.1 Å². The minimum atomic E-state index is -1.45. The lowest BCUT2D eigenvalue weighted by atomic mass is 10.1. The van der Waals surface area contributed by atoms with Gasteiger partial charge in [-0.05, 0) is 50.3 Å². The smallest absolute Gasteiger partial charge is 0.359 e. The van der Waals surface area contributed by atoms with Gasteiger partial charge in [0.25, 0.3) is 5.91 Å². The van der Waals surface area contributed by atoms with Gasteiger partial charge >= 0.3 is 5.97 Å². The summed E-state index contributed by atoms with van der Waals surface area (Å²) >= 11 is 37.1. The van der Waals surface area contributed by atoms with Crippen LogP contribution in [0.4, 0.5) is 5.69 Å². The average Bonchev–Trinajstić information content (AvgIpc) is 3.43. The standard InChI is InChI=1S/C29H20Cl6N4O6/c1-3-45-29(44)23-17(28(43)39(37-23)25-20(34)11-15(31)12-21(25)35)8-6-4-5-7-16-22(26(41)13(2)40)36-38(27(16)42)24-18(32)9-14(30)10-19(24)33/h4-13,40,42H,3H2,1-2H3/b6-4+,7-5+,17-8-. The van der Waals surface area contributed by atoms with Gasteiger partial charge in [-0.25, -0.2) is 4.79 Å². The van der Waals surface area contributed by atoms with Crippen LogP contribution in [0.3, 0.4) is 0 Å². The van der Waals surface area contributed by atoms with E-state index in [9.17, 15) is 24.6 Å². The lowest BCUT2D eigenvalue weighted by Gasteiger charge is -2.15. The molecule has 0 spiro atoms. The molecule has 1 amide bonds. The lowest BCUT2D eigenvalue weighted by molar-refractivity contribution is -0.135. The molecule has 2 heterocycles. The maximum atomic E-state index is 13.3. The fraction of sp³-hybridized carbons (Fsp3) is 0.138. The van der Waals surface area contributed by atoms with Crippen molar-refractivity contribution in [3.05, 3.63) is 95.5 Å². The highest BCUT2D eigenvalue weighted by Crippen LogP contribution is 2.40. The Balaban J connectivity index is 1.71. The minimum absolute atomic E-state index is 0.0190. The van der Waals surface area contributed by atoms with E-state index in [1.165, 1.54) is 61.6 Å². The van der Waals surface area contributed by atoms with Crippen LogP contribution >= 0.6 is 69.6 Å². The average molecular weight is 733 g/mol. The normalized spacial score (nSPS) is 15.0. The number of anilines is 1. The Hall–Kier alpha value is -3.35. The predicted octanol–water partition coefficient (Wildman–Crippen LogP) is 7.52. The van der Waals surface area contributed by atoms with E-state index in [0.717, 1.165) is 9.69 Å². The predicted molar refractivity (Wildman–Crippen MR) is 176 cm³/mol. The number of hydrogen-bond acceptors (Lipinski definition) is 8. The fourth-order valence-corrected chi connectivity index (χ4v) is 5.97. The molecule has 1 aromatic heterocycles. The van der Waals surface area contributed by atoms with Gasteiger partial charge in [0.1, 0.15) is 23.2 Å². The third-order valence-electron chi connectivity index (χ3n) is 5.99. The molecule has 1 aliphatic heterocycles. The number of ether oxygens (including phenoxy) is 1. The number of hydrazone groups is 1. The molecule has 1 atom stereocenters. The van der Waals surface area contributed by atoms with Crippen molar-refractivity contribution in [3.63, 3.8) is 0 Å². The highest BCUT2D eigenvalue weighted by molar-refractivity contribution is 6.54. The molecule has 1 aliphatic rings. The quantitative estimate of drug-likeness (QED) is 0.101. The van der Waals surface area contributed by atoms with Crippen LogP contribution < -0.4 is 5.01 Å². The van der Waals surface area contributed by atoms with Crippen molar-refractivity contribution in [1.82, 2.24) is 9.78 Å². The first-order chi connectivity index (χ1) is 21.3. The van der Waals surface area contributed by atoms with E-state index in [1.807, 2.05) is 0 Å². The third-order valence-corrected chi connectivity index (χ3v) is 7.58. The molecular weight excluding hydrogens is 713 g/mol. The fourth-order valence-electron chi connectivity index (χ4n) is 4.02. The van der Waals surface area contributed by atoms with Gasteiger partial charge in [-0.1, -0.05) is 87.8 Å². The molecule has 0 saturated carbocycles. The summed E-state index contributed by atoms with van der Waals surface area (Å²) in [4.78, 5) is 38.7. The van der Waals surface area contributed by atoms with Gasteiger partial charge in [0.15, 0.2) is 5.71 Å². The van der Waals surface area contributed by atoms with Gasteiger partial charge < -0.3 is 14.9 Å². The molecule has 0 radical (unpaired) electrons. The molecule has 2 aromatic carbocycles. The van der Waals surface area contributed by atoms with Crippen LogP contribution in [0, 0.1) is 0 Å². The van der Waals surface area contributed by atoms with Crippen molar-refractivity contribution in [1.29, 1.82) is 0 Å². The molecule has 4 rings (SSSR count). The summed E-state index contributed by atoms with van der Waals surface area (Å²) in [6, 6.07) is 5.49.